The molecule has 98 valence electrons. The normalized spacial score (nSPS) is 22.3. The maximum Gasteiger partial charge on any atom is 0.0346 e. The lowest BCUT2D eigenvalue weighted by molar-refractivity contribution is 0.121. The highest BCUT2D eigenvalue weighted by Gasteiger charge is 2.30. The van der Waals surface area contributed by atoms with E-state index in [2.05, 4.69) is 34.9 Å². The van der Waals surface area contributed by atoms with Gasteiger partial charge in [0.05, 0.1) is 0 Å². The second-order valence-corrected chi connectivity index (χ2v) is 5.73. The molecule has 0 unspecified atom stereocenters. The maximum atomic E-state index is 5.97. The zero-order chi connectivity index (χ0) is 12.5. The van der Waals surface area contributed by atoms with Crippen molar-refractivity contribution in [2.45, 2.75) is 32.4 Å². The second kappa shape index (κ2) is 4.90. The van der Waals surface area contributed by atoms with Crippen LogP contribution in [0.4, 0.5) is 5.69 Å². The highest BCUT2D eigenvalue weighted by atomic mass is 15.3. The first-order chi connectivity index (χ1) is 8.72. The number of rotatable bonds is 3. The summed E-state index contributed by atoms with van der Waals surface area (Å²) in [4.78, 5) is 5.20. The molecule has 0 amide bonds. The highest BCUT2D eigenvalue weighted by Crippen LogP contribution is 2.27. The lowest BCUT2D eigenvalue weighted by Crippen LogP contribution is -2.46. The van der Waals surface area contributed by atoms with Crippen LogP contribution in [0.2, 0.25) is 0 Å². The Balaban J connectivity index is 1.55. The van der Waals surface area contributed by atoms with Crippen LogP contribution >= 0.6 is 0 Å². The Morgan fingerprint density at radius 3 is 2.50 bits per heavy atom. The molecule has 0 bridgehead atoms. The summed E-state index contributed by atoms with van der Waals surface area (Å²) in [6.45, 7) is 7.99. The average Bonchev–Trinajstić information content (AvgIpc) is 3.19. The van der Waals surface area contributed by atoms with Crippen molar-refractivity contribution in [3.8, 4) is 0 Å². The quantitative estimate of drug-likeness (QED) is 0.825. The molecule has 0 atom stereocenters. The number of nitrogens with zero attached hydrogens (tertiary/aromatic N) is 2. The molecule has 0 spiro atoms. The summed E-state index contributed by atoms with van der Waals surface area (Å²) in [6.07, 6.45) is 2.85. The van der Waals surface area contributed by atoms with Crippen molar-refractivity contribution >= 4 is 5.69 Å². The van der Waals surface area contributed by atoms with E-state index in [9.17, 15) is 0 Å². The molecule has 18 heavy (non-hydrogen) atoms. The van der Waals surface area contributed by atoms with Crippen LogP contribution in [0.3, 0.4) is 0 Å². The monoisotopic (exact) mass is 245 g/mol. The molecule has 3 nitrogen and oxygen atoms in total. The van der Waals surface area contributed by atoms with Gasteiger partial charge in [0.1, 0.15) is 0 Å². The van der Waals surface area contributed by atoms with Crippen LogP contribution < -0.4 is 5.73 Å². The van der Waals surface area contributed by atoms with E-state index in [0.717, 1.165) is 18.3 Å². The Hall–Kier alpha value is -1.06. The number of piperazine rings is 1. The van der Waals surface area contributed by atoms with E-state index in [1.54, 1.807) is 0 Å². The fourth-order valence-corrected chi connectivity index (χ4v) is 2.77. The lowest BCUT2D eigenvalue weighted by Gasteiger charge is -2.34. The van der Waals surface area contributed by atoms with Gasteiger partial charge < -0.3 is 5.73 Å². The SMILES string of the molecule is Cc1ccc(CN2CCN(C3CC3)CC2)cc1N. The topological polar surface area (TPSA) is 32.5 Å². The third-order valence-electron chi connectivity index (χ3n) is 4.22. The zero-order valence-corrected chi connectivity index (χ0v) is 11.2. The largest absolute Gasteiger partial charge is 0.399 e. The summed E-state index contributed by atoms with van der Waals surface area (Å²) in [7, 11) is 0. The summed E-state index contributed by atoms with van der Waals surface area (Å²) >= 11 is 0. The molecule has 1 aliphatic heterocycles. The summed E-state index contributed by atoms with van der Waals surface area (Å²) < 4.78 is 0. The Kier molecular flexibility index (Phi) is 3.27. The first-order valence-electron chi connectivity index (χ1n) is 7.04. The van der Waals surface area contributed by atoms with Gasteiger partial charge in [-0.3, -0.25) is 9.80 Å². The molecule has 0 aromatic heterocycles. The molecule has 3 rings (SSSR count). The second-order valence-electron chi connectivity index (χ2n) is 5.73. The van der Waals surface area contributed by atoms with E-state index in [0.29, 0.717) is 0 Å². The predicted molar refractivity (Wildman–Crippen MR) is 75.5 cm³/mol. The minimum atomic E-state index is 0.919. The van der Waals surface area contributed by atoms with Gasteiger partial charge in [-0.1, -0.05) is 12.1 Å². The standard InChI is InChI=1S/C15H23N3/c1-12-2-3-13(10-15(12)16)11-17-6-8-18(9-7-17)14-4-5-14/h2-3,10,14H,4-9,11,16H2,1H3. The predicted octanol–water partition coefficient (Wildman–Crippen LogP) is 1.86. The van der Waals surface area contributed by atoms with E-state index in [1.165, 1.54) is 50.1 Å². The van der Waals surface area contributed by atoms with Crippen LogP contribution in [-0.4, -0.2) is 42.0 Å². The van der Waals surface area contributed by atoms with Gasteiger partial charge in [0, 0.05) is 44.5 Å². The summed E-state index contributed by atoms with van der Waals surface area (Å²) in [5.74, 6) is 0. The summed E-state index contributed by atoms with van der Waals surface area (Å²) in [5.41, 5.74) is 9.41. The molecule has 1 aromatic rings. The Morgan fingerprint density at radius 2 is 1.89 bits per heavy atom. The number of hydrogen-bond donors (Lipinski definition) is 1. The maximum absolute atomic E-state index is 5.97. The molecule has 1 saturated heterocycles. The van der Waals surface area contributed by atoms with E-state index in [1.807, 2.05) is 0 Å². The Bertz CT molecular complexity index is 418. The number of benzene rings is 1. The third-order valence-corrected chi connectivity index (χ3v) is 4.22. The Morgan fingerprint density at radius 1 is 1.17 bits per heavy atom. The van der Waals surface area contributed by atoms with Crippen molar-refractivity contribution < 1.29 is 0 Å². The molecule has 2 fully saturated rings. The van der Waals surface area contributed by atoms with Gasteiger partial charge in [-0.25, -0.2) is 0 Å². The number of nitrogens with two attached hydrogens (primary N) is 1. The minimum absolute atomic E-state index is 0.919. The van der Waals surface area contributed by atoms with Crippen LogP contribution in [0.1, 0.15) is 24.0 Å². The smallest absolute Gasteiger partial charge is 0.0346 e. The molecule has 2 aliphatic rings. The zero-order valence-electron chi connectivity index (χ0n) is 11.2. The molecular weight excluding hydrogens is 222 g/mol. The molecule has 1 aliphatic carbocycles. The highest BCUT2D eigenvalue weighted by molar-refractivity contribution is 5.48. The molecule has 2 N–H and O–H groups in total. The molecule has 1 aromatic carbocycles. The van der Waals surface area contributed by atoms with Gasteiger partial charge in [0.15, 0.2) is 0 Å². The van der Waals surface area contributed by atoms with E-state index < -0.39 is 0 Å². The van der Waals surface area contributed by atoms with Crippen molar-refractivity contribution in [3.05, 3.63) is 29.3 Å². The van der Waals surface area contributed by atoms with Crippen molar-refractivity contribution in [3.63, 3.8) is 0 Å². The van der Waals surface area contributed by atoms with Crippen molar-refractivity contribution in [1.82, 2.24) is 9.80 Å². The fourth-order valence-electron chi connectivity index (χ4n) is 2.77. The number of hydrogen-bond acceptors (Lipinski definition) is 3. The van der Waals surface area contributed by atoms with Crippen LogP contribution in [0.5, 0.6) is 0 Å². The lowest BCUT2D eigenvalue weighted by atomic mass is 10.1. The summed E-state index contributed by atoms with van der Waals surface area (Å²) in [5, 5.41) is 0. The number of aryl methyl sites for hydroxylation is 1. The first kappa shape index (κ1) is 12.0. The molecule has 3 heteroatoms. The van der Waals surface area contributed by atoms with Crippen LogP contribution in [-0.2, 0) is 6.54 Å². The van der Waals surface area contributed by atoms with Gasteiger partial charge in [-0.15, -0.1) is 0 Å². The van der Waals surface area contributed by atoms with Gasteiger partial charge in [-0.2, -0.15) is 0 Å². The fraction of sp³-hybridized carbons (Fsp3) is 0.600. The average molecular weight is 245 g/mol. The molecule has 1 saturated carbocycles. The van der Waals surface area contributed by atoms with E-state index >= 15 is 0 Å². The van der Waals surface area contributed by atoms with Gasteiger partial charge in [0.2, 0.25) is 0 Å². The van der Waals surface area contributed by atoms with Crippen molar-refractivity contribution in [2.24, 2.45) is 0 Å². The van der Waals surface area contributed by atoms with E-state index in [4.69, 9.17) is 5.73 Å². The van der Waals surface area contributed by atoms with Crippen LogP contribution in [0, 0.1) is 6.92 Å². The van der Waals surface area contributed by atoms with Gasteiger partial charge in [0.25, 0.3) is 0 Å². The minimum Gasteiger partial charge on any atom is -0.399 e. The third kappa shape index (κ3) is 2.68. The van der Waals surface area contributed by atoms with Gasteiger partial charge >= 0.3 is 0 Å². The van der Waals surface area contributed by atoms with Crippen molar-refractivity contribution in [2.75, 3.05) is 31.9 Å². The number of anilines is 1. The number of nitrogen functional groups attached to an aromatic ring is 1. The van der Waals surface area contributed by atoms with Crippen molar-refractivity contribution in [1.29, 1.82) is 0 Å². The molecule has 1 heterocycles. The summed E-state index contributed by atoms with van der Waals surface area (Å²) in [6, 6.07) is 7.38. The molecular formula is C15H23N3. The molecule has 0 radical (unpaired) electrons. The van der Waals surface area contributed by atoms with Crippen LogP contribution in [0.15, 0.2) is 18.2 Å². The van der Waals surface area contributed by atoms with Gasteiger partial charge in [-0.05, 0) is 37.0 Å². The Labute approximate surface area is 110 Å². The van der Waals surface area contributed by atoms with Crippen LogP contribution in [0.25, 0.3) is 0 Å². The van der Waals surface area contributed by atoms with E-state index in [-0.39, 0.29) is 0 Å². The first-order valence-corrected chi connectivity index (χ1v) is 7.04.